The first-order valence-electron chi connectivity index (χ1n) is 5.89. The monoisotopic (exact) mass is 259 g/mol. The highest BCUT2D eigenvalue weighted by Crippen LogP contribution is 2.27. The fourth-order valence-corrected chi connectivity index (χ4v) is 2.28. The van der Waals surface area contributed by atoms with E-state index in [-0.39, 0.29) is 12.5 Å². The molecule has 1 aliphatic rings. The first kappa shape index (κ1) is 14.9. The number of carbonyl (C=O) groups excluding carboxylic acids is 1. The van der Waals surface area contributed by atoms with E-state index in [1.807, 2.05) is 27.7 Å². The van der Waals surface area contributed by atoms with E-state index >= 15 is 0 Å². The van der Waals surface area contributed by atoms with Crippen LogP contribution in [0.4, 0.5) is 0 Å². The Morgan fingerprint density at radius 2 is 1.67 bits per heavy atom. The van der Waals surface area contributed by atoms with Crippen molar-refractivity contribution < 1.29 is 24.2 Å². The second-order valence-corrected chi connectivity index (χ2v) is 5.76. The van der Waals surface area contributed by atoms with Crippen molar-refractivity contribution in [1.82, 2.24) is 4.90 Å². The van der Waals surface area contributed by atoms with Gasteiger partial charge in [0.15, 0.2) is 0 Å². The highest BCUT2D eigenvalue weighted by molar-refractivity contribution is 5.78. The Morgan fingerprint density at radius 3 is 2.11 bits per heavy atom. The third-order valence-corrected chi connectivity index (χ3v) is 2.50. The molecule has 0 unspecified atom stereocenters. The molecule has 1 aliphatic heterocycles. The summed E-state index contributed by atoms with van der Waals surface area (Å²) in [4.78, 5) is 23.9. The number of morpholine rings is 1. The van der Waals surface area contributed by atoms with E-state index in [1.165, 1.54) is 0 Å². The second kappa shape index (κ2) is 5.24. The van der Waals surface area contributed by atoms with Crippen molar-refractivity contribution in [1.29, 1.82) is 0 Å². The second-order valence-electron chi connectivity index (χ2n) is 5.76. The van der Waals surface area contributed by atoms with E-state index in [4.69, 9.17) is 14.6 Å². The number of hydrogen-bond donors (Lipinski definition) is 1. The van der Waals surface area contributed by atoms with Crippen LogP contribution in [0.3, 0.4) is 0 Å². The standard InChI is InChI=1S/C12H21NO5/c1-11(2)7-13(8-12(3,4)18-11)9(14)5-17-6-10(15)16/h5-8H2,1-4H3,(H,15,16). The lowest BCUT2D eigenvalue weighted by molar-refractivity contribution is -0.190. The van der Waals surface area contributed by atoms with Crippen molar-refractivity contribution in [2.45, 2.75) is 38.9 Å². The van der Waals surface area contributed by atoms with E-state index in [0.717, 1.165) is 0 Å². The zero-order chi connectivity index (χ0) is 14.0. The molecule has 0 aromatic rings. The SMILES string of the molecule is CC1(C)CN(C(=O)COCC(=O)O)CC(C)(C)O1. The molecule has 1 saturated heterocycles. The summed E-state index contributed by atoms with van der Waals surface area (Å²) >= 11 is 0. The van der Waals surface area contributed by atoms with Crippen LogP contribution in [-0.4, -0.2) is 59.4 Å². The minimum Gasteiger partial charge on any atom is -0.480 e. The summed E-state index contributed by atoms with van der Waals surface area (Å²) in [6.45, 7) is 7.98. The molecule has 0 aromatic heterocycles. The Bertz CT molecular complexity index is 321. The van der Waals surface area contributed by atoms with E-state index in [0.29, 0.717) is 13.1 Å². The lowest BCUT2D eigenvalue weighted by atomic mass is 9.99. The van der Waals surface area contributed by atoms with Gasteiger partial charge in [-0.1, -0.05) is 0 Å². The summed E-state index contributed by atoms with van der Waals surface area (Å²) in [6.07, 6.45) is 0. The van der Waals surface area contributed by atoms with Crippen molar-refractivity contribution in [2.24, 2.45) is 0 Å². The van der Waals surface area contributed by atoms with E-state index in [2.05, 4.69) is 0 Å². The molecule has 1 fully saturated rings. The Balaban J connectivity index is 2.54. The number of amides is 1. The average molecular weight is 259 g/mol. The number of carbonyl (C=O) groups is 2. The Morgan fingerprint density at radius 1 is 1.17 bits per heavy atom. The Kier molecular flexibility index (Phi) is 4.34. The summed E-state index contributed by atoms with van der Waals surface area (Å²) in [5.41, 5.74) is -0.825. The van der Waals surface area contributed by atoms with Gasteiger partial charge in [0.05, 0.1) is 11.2 Å². The summed E-state index contributed by atoms with van der Waals surface area (Å²) in [6, 6.07) is 0. The lowest BCUT2D eigenvalue weighted by Crippen LogP contribution is -2.59. The molecule has 0 saturated carbocycles. The van der Waals surface area contributed by atoms with Gasteiger partial charge in [0.25, 0.3) is 0 Å². The van der Waals surface area contributed by atoms with Crippen LogP contribution in [0.2, 0.25) is 0 Å². The van der Waals surface area contributed by atoms with E-state index in [1.54, 1.807) is 4.90 Å². The van der Waals surface area contributed by atoms with Gasteiger partial charge >= 0.3 is 5.97 Å². The van der Waals surface area contributed by atoms with Crippen LogP contribution in [0.5, 0.6) is 0 Å². The maximum absolute atomic E-state index is 11.9. The minimum absolute atomic E-state index is 0.208. The molecule has 0 bridgehead atoms. The maximum atomic E-state index is 11.9. The zero-order valence-electron chi connectivity index (χ0n) is 11.4. The van der Waals surface area contributed by atoms with Crippen LogP contribution in [0.25, 0.3) is 0 Å². The zero-order valence-corrected chi connectivity index (χ0v) is 11.4. The van der Waals surface area contributed by atoms with E-state index < -0.39 is 23.8 Å². The summed E-state index contributed by atoms with van der Waals surface area (Å²) in [5.74, 6) is -1.29. The normalized spacial score (nSPS) is 21.7. The minimum atomic E-state index is -1.08. The number of hydrogen-bond acceptors (Lipinski definition) is 4. The molecule has 0 atom stereocenters. The van der Waals surface area contributed by atoms with Gasteiger partial charge in [-0.25, -0.2) is 4.79 Å². The number of nitrogens with zero attached hydrogens (tertiary/aromatic N) is 1. The summed E-state index contributed by atoms with van der Waals surface area (Å²) in [7, 11) is 0. The van der Waals surface area contributed by atoms with Crippen molar-refractivity contribution in [3.8, 4) is 0 Å². The molecule has 1 heterocycles. The average Bonchev–Trinajstić information content (AvgIpc) is 2.11. The van der Waals surface area contributed by atoms with Crippen molar-refractivity contribution in [2.75, 3.05) is 26.3 Å². The van der Waals surface area contributed by atoms with Crippen LogP contribution in [0, 0.1) is 0 Å². The topological polar surface area (TPSA) is 76.1 Å². The van der Waals surface area contributed by atoms with Crippen molar-refractivity contribution >= 4 is 11.9 Å². The van der Waals surface area contributed by atoms with Crippen LogP contribution in [0.1, 0.15) is 27.7 Å². The van der Waals surface area contributed by atoms with Gasteiger partial charge in [0.1, 0.15) is 13.2 Å². The van der Waals surface area contributed by atoms with Gasteiger partial charge in [-0.2, -0.15) is 0 Å². The number of carboxylic acid groups (broad SMARTS) is 1. The summed E-state index contributed by atoms with van der Waals surface area (Å²) in [5, 5.41) is 8.43. The smallest absolute Gasteiger partial charge is 0.329 e. The Hall–Kier alpha value is -1.14. The van der Waals surface area contributed by atoms with Crippen LogP contribution in [0.15, 0.2) is 0 Å². The number of rotatable bonds is 4. The molecular formula is C12H21NO5. The van der Waals surface area contributed by atoms with Gasteiger partial charge in [-0.05, 0) is 27.7 Å². The first-order valence-corrected chi connectivity index (χ1v) is 5.89. The molecule has 0 aliphatic carbocycles. The summed E-state index contributed by atoms with van der Waals surface area (Å²) < 4.78 is 10.7. The van der Waals surface area contributed by atoms with E-state index in [9.17, 15) is 9.59 Å². The van der Waals surface area contributed by atoms with Gasteiger partial charge in [-0.15, -0.1) is 0 Å². The molecule has 18 heavy (non-hydrogen) atoms. The molecule has 0 spiro atoms. The number of ether oxygens (including phenoxy) is 2. The lowest BCUT2D eigenvalue weighted by Gasteiger charge is -2.47. The molecular weight excluding hydrogens is 238 g/mol. The molecule has 1 N–H and O–H groups in total. The molecule has 1 rings (SSSR count). The molecule has 6 heteroatoms. The van der Waals surface area contributed by atoms with Crippen molar-refractivity contribution in [3.63, 3.8) is 0 Å². The predicted octanol–water partition coefficient (Wildman–Crippen LogP) is 0.504. The molecule has 0 radical (unpaired) electrons. The number of carboxylic acids is 1. The predicted molar refractivity (Wildman–Crippen MR) is 64.3 cm³/mol. The largest absolute Gasteiger partial charge is 0.480 e. The van der Waals surface area contributed by atoms with Crippen LogP contribution in [-0.2, 0) is 19.1 Å². The van der Waals surface area contributed by atoms with Crippen molar-refractivity contribution in [3.05, 3.63) is 0 Å². The van der Waals surface area contributed by atoms with Gasteiger partial charge in [-0.3, -0.25) is 4.79 Å². The van der Waals surface area contributed by atoms with Gasteiger partial charge in [0, 0.05) is 13.1 Å². The first-order chi connectivity index (χ1) is 8.11. The quantitative estimate of drug-likeness (QED) is 0.795. The Labute approximate surface area is 107 Å². The maximum Gasteiger partial charge on any atom is 0.329 e. The fraction of sp³-hybridized carbons (Fsp3) is 0.833. The van der Waals surface area contributed by atoms with Crippen LogP contribution >= 0.6 is 0 Å². The van der Waals surface area contributed by atoms with Gasteiger partial charge in [0.2, 0.25) is 5.91 Å². The molecule has 6 nitrogen and oxygen atoms in total. The van der Waals surface area contributed by atoms with Gasteiger partial charge < -0.3 is 19.5 Å². The molecule has 1 amide bonds. The molecule has 104 valence electrons. The fourth-order valence-electron chi connectivity index (χ4n) is 2.28. The third-order valence-electron chi connectivity index (χ3n) is 2.50. The molecule has 0 aromatic carbocycles. The van der Waals surface area contributed by atoms with Crippen LogP contribution < -0.4 is 0 Å². The highest BCUT2D eigenvalue weighted by Gasteiger charge is 2.39. The highest BCUT2D eigenvalue weighted by atomic mass is 16.5. The number of aliphatic carboxylic acids is 1. The third kappa shape index (κ3) is 4.62.